The Morgan fingerprint density at radius 3 is 2.81 bits per heavy atom. The molecule has 142 valence electrons. The van der Waals surface area contributed by atoms with E-state index in [1.165, 1.54) is 30.5 Å². The lowest BCUT2D eigenvalue weighted by atomic mass is 10.2. The number of anilines is 1. The molecule has 1 aliphatic heterocycles. The first-order valence-electron chi connectivity index (χ1n) is 8.56. The Labute approximate surface area is 156 Å². The van der Waals surface area contributed by atoms with Gasteiger partial charge in [0.25, 0.3) is 11.6 Å². The van der Waals surface area contributed by atoms with Crippen molar-refractivity contribution < 1.29 is 19.2 Å². The van der Waals surface area contributed by atoms with E-state index < -0.39 is 10.8 Å². The van der Waals surface area contributed by atoms with Crippen molar-refractivity contribution >= 4 is 17.3 Å². The van der Waals surface area contributed by atoms with Crippen molar-refractivity contribution in [1.29, 1.82) is 0 Å². The van der Waals surface area contributed by atoms with E-state index in [2.05, 4.69) is 15.2 Å². The van der Waals surface area contributed by atoms with Gasteiger partial charge in [-0.3, -0.25) is 19.8 Å². The number of aromatic nitrogens is 1. The van der Waals surface area contributed by atoms with Gasteiger partial charge in [0.1, 0.15) is 6.61 Å². The van der Waals surface area contributed by atoms with Gasteiger partial charge in [-0.15, -0.1) is 0 Å². The number of carbonyl (C=O) groups is 1. The quantitative estimate of drug-likeness (QED) is 0.585. The number of hydrogen-bond acceptors (Lipinski definition) is 7. The molecule has 2 aromatic rings. The molecule has 3 rings (SSSR count). The first-order chi connectivity index (χ1) is 13.1. The third-order valence-electron chi connectivity index (χ3n) is 4.07. The molecule has 0 saturated carbocycles. The lowest BCUT2D eigenvalue weighted by molar-refractivity contribution is -0.384. The maximum atomic E-state index is 12.2. The molecule has 0 unspecified atom stereocenters. The van der Waals surface area contributed by atoms with Gasteiger partial charge in [0.15, 0.2) is 0 Å². The van der Waals surface area contributed by atoms with Crippen molar-refractivity contribution in [2.75, 3.05) is 44.8 Å². The smallest absolute Gasteiger partial charge is 0.270 e. The highest BCUT2D eigenvalue weighted by atomic mass is 16.6. The number of ether oxygens (including phenoxy) is 2. The van der Waals surface area contributed by atoms with Crippen LogP contribution in [0.2, 0.25) is 0 Å². The number of amides is 1. The summed E-state index contributed by atoms with van der Waals surface area (Å²) in [6.45, 7) is 4.62. The molecule has 1 aromatic carbocycles. The average Bonchev–Trinajstić information content (AvgIpc) is 2.70. The maximum absolute atomic E-state index is 12.2. The van der Waals surface area contributed by atoms with Gasteiger partial charge >= 0.3 is 0 Å². The number of pyridine rings is 1. The van der Waals surface area contributed by atoms with E-state index in [4.69, 9.17) is 9.47 Å². The van der Waals surface area contributed by atoms with Crippen LogP contribution >= 0.6 is 0 Å². The lowest BCUT2D eigenvalue weighted by Crippen LogP contribution is -2.38. The highest BCUT2D eigenvalue weighted by molar-refractivity contribution is 6.04. The van der Waals surface area contributed by atoms with Gasteiger partial charge < -0.3 is 14.8 Å². The fraction of sp³-hybridized carbons (Fsp3) is 0.333. The Hall–Kier alpha value is -3.04. The predicted molar refractivity (Wildman–Crippen MR) is 98.0 cm³/mol. The van der Waals surface area contributed by atoms with Crippen LogP contribution < -0.4 is 10.1 Å². The second kappa shape index (κ2) is 9.06. The molecule has 2 heterocycles. The van der Waals surface area contributed by atoms with Crippen molar-refractivity contribution in [3.8, 4) is 5.88 Å². The highest BCUT2D eigenvalue weighted by Gasteiger charge is 2.12. The minimum Gasteiger partial charge on any atom is -0.476 e. The second-order valence-electron chi connectivity index (χ2n) is 5.95. The number of nitro groups is 1. The summed E-state index contributed by atoms with van der Waals surface area (Å²) in [5.74, 6) is 0.0260. The van der Waals surface area contributed by atoms with E-state index >= 15 is 0 Å². The number of nitrogens with zero attached hydrogens (tertiary/aromatic N) is 3. The van der Waals surface area contributed by atoms with Crippen LogP contribution in [0, 0.1) is 10.1 Å². The fourth-order valence-electron chi connectivity index (χ4n) is 2.61. The summed E-state index contributed by atoms with van der Waals surface area (Å²) in [5, 5.41) is 13.5. The summed E-state index contributed by atoms with van der Waals surface area (Å²) < 4.78 is 10.9. The van der Waals surface area contributed by atoms with Crippen molar-refractivity contribution in [1.82, 2.24) is 9.88 Å². The summed E-state index contributed by atoms with van der Waals surface area (Å²) in [4.78, 5) is 28.9. The van der Waals surface area contributed by atoms with E-state index in [0.717, 1.165) is 32.8 Å². The topological polar surface area (TPSA) is 107 Å². The van der Waals surface area contributed by atoms with Gasteiger partial charge in [-0.1, -0.05) is 6.07 Å². The number of nitro benzene ring substituents is 1. The third-order valence-corrected chi connectivity index (χ3v) is 4.07. The molecule has 1 N–H and O–H groups in total. The highest BCUT2D eigenvalue weighted by Crippen LogP contribution is 2.16. The van der Waals surface area contributed by atoms with Crippen LogP contribution in [-0.2, 0) is 4.74 Å². The molecule has 9 heteroatoms. The Kier molecular flexibility index (Phi) is 6.29. The van der Waals surface area contributed by atoms with E-state index in [0.29, 0.717) is 18.2 Å². The average molecular weight is 372 g/mol. The SMILES string of the molecule is O=C(Nc1ccc(OCCN2CCOCC2)nc1)c1cccc([N+](=O)[O-])c1. The van der Waals surface area contributed by atoms with Crippen LogP contribution in [0.25, 0.3) is 0 Å². The second-order valence-corrected chi connectivity index (χ2v) is 5.95. The van der Waals surface area contributed by atoms with Gasteiger partial charge in [-0.05, 0) is 12.1 Å². The van der Waals surface area contributed by atoms with Gasteiger partial charge in [0.05, 0.1) is 30.0 Å². The molecule has 0 aliphatic carbocycles. The lowest BCUT2D eigenvalue weighted by Gasteiger charge is -2.26. The number of non-ortho nitro benzene ring substituents is 1. The molecule has 1 saturated heterocycles. The number of hydrogen-bond donors (Lipinski definition) is 1. The number of nitrogens with one attached hydrogen (secondary N) is 1. The Bertz CT molecular complexity index is 791. The van der Waals surface area contributed by atoms with Gasteiger partial charge in [-0.2, -0.15) is 0 Å². The summed E-state index contributed by atoms with van der Waals surface area (Å²) in [6.07, 6.45) is 1.49. The van der Waals surface area contributed by atoms with E-state index in [1.807, 2.05) is 0 Å². The van der Waals surface area contributed by atoms with Crippen molar-refractivity contribution in [2.45, 2.75) is 0 Å². The molecular weight excluding hydrogens is 352 g/mol. The Balaban J connectivity index is 1.50. The standard InChI is InChI=1S/C18H20N4O5/c23-18(14-2-1-3-16(12-14)22(24)25)20-15-4-5-17(19-13-15)27-11-8-21-6-9-26-10-7-21/h1-5,12-13H,6-11H2,(H,20,23). The summed E-state index contributed by atoms with van der Waals surface area (Å²) in [5.41, 5.74) is 0.548. The number of benzene rings is 1. The minimum absolute atomic E-state index is 0.134. The zero-order valence-electron chi connectivity index (χ0n) is 14.7. The third kappa shape index (κ3) is 5.47. The van der Waals surface area contributed by atoms with E-state index in [9.17, 15) is 14.9 Å². The van der Waals surface area contributed by atoms with Crippen LogP contribution in [0.5, 0.6) is 5.88 Å². The molecule has 9 nitrogen and oxygen atoms in total. The molecule has 1 aliphatic rings. The first-order valence-corrected chi connectivity index (χ1v) is 8.56. The van der Waals surface area contributed by atoms with Gasteiger partial charge in [-0.25, -0.2) is 4.98 Å². The molecule has 27 heavy (non-hydrogen) atoms. The number of morpholine rings is 1. The molecule has 0 spiro atoms. The predicted octanol–water partition coefficient (Wildman–Crippen LogP) is 1.95. The summed E-state index contributed by atoms with van der Waals surface area (Å²) in [6, 6.07) is 8.89. The van der Waals surface area contributed by atoms with Crippen molar-refractivity contribution in [3.05, 3.63) is 58.3 Å². The Morgan fingerprint density at radius 1 is 1.30 bits per heavy atom. The van der Waals surface area contributed by atoms with Crippen LogP contribution in [-0.4, -0.2) is 60.2 Å². The Morgan fingerprint density at radius 2 is 2.11 bits per heavy atom. The maximum Gasteiger partial charge on any atom is 0.270 e. The fourth-order valence-corrected chi connectivity index (χ4v) is 2.61. The normalized spacial score (nSPS) is 14.5. The van der Waals surface area contributed by atoms with Crippen LogP contribution in [0.3, 0.4) is 0 Å². The van der Waals surface area contributed by atoms with E-state index in [1.54, 1.807) is 12.1 Å². The van der Waals surface area contributed by atoms with E-state index in [-0.39, 0.29) is 11.3 Å². The zero-order valence-corrected chi connectivity index (χ0v) is 14.7. The molecule has 1 fully saturated rings. The minimum atomic E-state index is -0.540. The largest absolute Gasteiger partial charge is 0.476 e. The molecule has 1 amide bonds. The van der Waals surface area contributed by atoms with Crippen molar-refractivity contribution in [2.24, 2.45) is 0 Å². The molecular formula is C18H20N4O5. The van der Waals surface area contributed by atoms with Crippen molar-refractivity contribution in [3.63, 3.8) is 0 Å². The molecule has 0 radical (unpaired) electrons. The van der Waals surface area contributed by atoms with Gasteiger partial charge in [0.2, 0.25) is 5.88 Å². The first kappa shape index (κ1) is 18.7. The molecule has 0 atom stereocenters. The number of rotatable bonds is 7. The van der Waals surface area contributed by atoms with Crippen LogP contribution in [0.1, 0.15) is 10.4 Å². The zero-order chi connectivity index (χ0) is 19.1. The van der Waals surface area contributed by atoms with Crippen LogP contribution in [0.4, 0.5) is 11.4 Å². The monoisotopic (exact) mass is 372 g/mol. The summed E-state index contributed by atoms with van der Waals surface area (Å²) in [7, 11) is 0. The molecule has 1 aromatic heterocycles. The molecule has 0 bridgehead atoms. The summed E-state index contributed by atoms with van der Waals surface area (Å²) >= 11 is 0. The number of carbonyl (C=O) groups excluding carboxylic acids is 1. The van der Waals surface area contributed by atoms with Crippen LogP contribution in [0.15, 0.2) is 42.6 Å². The van der Waals surface area contributed by atoms with Gasteiger partial charge in [0, 0.05) is 43.4 Å².